The van der Waals surface area contributed by atoms with Crippen molar-refractivity contribution in [3.8, 4) is 0 Å². The molecule has 326 valence electrons. The van der Waals surface area contributed by atoms with Gasteiger partial charge in [0.2, 0.25) is 0 Å². The summed E-state index contributed by atoms with van der Waals surface area (Å²) in [6.45, 7) is 5.73. The Morgan fingerprint density at radius 1 is 0.800 bits per heavy atom. The molecule has 0 saturated heterocycles. The summed E-state index contributed by atoms with van der Waals surface area (Å²) in [5.74, 6) is 0. The van der Waals surface area contributed by atoms with E-state index in [4.69, 9.17) is 26.3 Å². The van der Waals surface area contributed by atoms with E-state index in [0.717, 1.165) is 53.1 Å². The number of halogens is 12. The van der Waals surface area contributed by atoms with Crippen molar-refractivity contribution in [3.05, 3.63) is 163 Å². The van der Waals surface area contributed by atoms with Gasteiger partial charge in [-0.1, -0.05) is 41.4 Å². The molecule has 0 radical (unpaired) electrons. The molecule has 0 aliphatic carbocycles. The fourth-order valence-electron chi connectivity index (χ4n) is 4.54. The number of thiol groups is 1. The molecule has 0 saturated carbocycles. The van der Waals surface area contributed by atoms with Crippen molar-refractivity contribution in [1.29, 1.82) is 0 Å². The molecule has 4 aromatic carbocycles. The van der Waals surface area contributed by atoms with E-state index in [0.29, 0.717) is 15.9 Å². The second kappa shape index (κ2) is 22.7. The Hall–Kier alpha value is -2.60. The molecule has 6 nitrogen and oxygen atoms in total. The number of aromatic nitrogens is 4. The molecule has 1 aliphatic heterocycles. The van der Waals surface area contributed by atoms with Crippen LogP contribution in [-0.2, 0) is 26.4 Å². The summed E-state index contributed by atoms with van der Waals surface area (Å²) in [7, 11) is 0. The Balaban J connectivity index is 0.000000207. The van der Waals surface area contributed by atoms with Gasteiger partial charge in [0.15, 0.2) is 6.67 Å². The summed E-state index contributed by atoms with van der Waals surface area (Å²) in [6, 6.07) is 20.2. The van der Waals surface area contributed by atoms with Crippen LogP contribution in [0.3, 0.4) is 0 Å². The zero-order valence-corrected chi connectivity index (χ0v) is 39.5. The normalized spacial score (nSPS) is 13.8. The molecule has 1 N–H and O–H groups in total. The van der Waals surface area contributed by atoms with Crippen LogP contribution in [0, 0.1) is 7.14 Å². The van der Waals surface area contributed by atoms with Gasteiger partial charge in [0.05, 0.1) is 18.3 Å². The minimum Gasteiger partial charge on any atom is -0.275 e. The Morgan fingerprint density at radius 2 is 1.30 bits per heavy atom. The molecule has 3 heterocycles. The molecule has 0 fully saturated rings. The molecule has 1 aliphatic rings. The summed E-state index contributed by atoms with van der Waals surface area (Å²) < 4.78 is 112. The van der Waals surface area contributed by atoms with E-state index in [9.17, 15) is 38.7 Å². The topological polar surface area (TPSA) is 65.1 Å². The van der Waals surface area contributed by atoms with E-state index < -0.39 is 56.0 Å². The summed E-state index contributed by atoms with van der Waals surface area (Å²) in [4.78, 5) is 7.63. The molecule has 0 atom stereocenters. The van der Waals surface area contributed by atoms with Crippen LogP contribution >= 0.6 is 91.0 Å². The number of nitrogens with zero attached hydrogens (tertiary/aromatic N) is 4. The molecule has 7 rings (SSSR count). The molecule has 0 amide bonds. The third kappa shape index (κ3) is 15.3. The maximum Gasteiger partial charge on any atom is 0.403 e. The van der Waals surface area contributed by atoms with Crippen molar-refractivity contribution in [2.45, 2.75) is 66.0 Å². The van der Waals surface area contributed by atoms with Crippen LogP contribution in [0.5, 0.6) is 0 Å². The standard InChI is InChI=1S/C11H7ClF4N2S.C9H10FIO.C9H11IO.C6H5ClS.C5H5F3N2/c12-8-1-3-9(4-2-8)19-11(15,16)10(13,14)18-6-5-17-7-18;1-9(2)7-5-3-4-6-8(7)11(10)12-9;1-9(2,11)7-5-3-4-6-8(7)10;7-5-1-3-6(8)4-2-5;6-3-5(7,8)10-2-1-9-4-10/h1-7H;3-6H,1-2H3;3-6,11H,1-2H3;1-4,8H;1-2,4H,3H2. The SMILES string of the molecule is CC(C)(O)c1ccccc1I.CC1(C)OI(F)c2ccccc21.FC(F)(Sc1ccc(Cl)cc1)C(F)(F)n1ccnc1.FCC(F)(F)n1ccnc1.Sc1ccc(Cl)cc1. The molecule has 20 heteroatoms. The van der Waals surface area contributed by atoms with Gasteiger partial charge in [-0.15, -0.1) is 12.6 Å². The number of alkyl halides is 7. The van der Waals surface area contributed by atoms with Gasteiger partial charge in [0.1, 0.15) is 0 Å². The molecule has 0 bridgehead atoms. The van der Waals surface area contributed by atoms with Crippen LogP contribution in [-0.4, -0.2) is 36.1 Å². The Bertz CT molecular complexity index is 2160. The minimum atomic E-state index is -4.38. The minimum absolute atomic E-state index is 0.00538. The monoisotopic (exact) mass is 1150 g/mol. The fraction of sp³-hybridized carbons (Fsp3) is 0.250. The summed E-state index contributed by atoms with van der Waals surface area (Å²) in [6.07, 6.45) is 5.51. The van der Waals surface area contributed by atoms with Crippen molar-refractivity contribution in [1.82, 2.24) is 19.1 Å². The second-order valence-corrected chi connectivity index (χ2v) is 19.7. The average molecular weight is 1150 g/mol. The fourth-order valence-corrected chi connectivity index (χ4v) is 10.0. The van der Waals surface area contributed by atoms with Crippen molar-refractivity contribution >= 4 is 91.0 Å². The molecule has 0 spiro atoms. The van der Waals surface area contributed by atoms with Crippen LogP contribution in [0.1, 0.15) is 38.8 Å². The van der Waals surface area contributed by atoms with Gasteiger partial charge in [-0.2, -0.15) is 26.3 Å². The number of thioether (sulfide) groups is 1. The van der Waals surface area contributed by atoms with E-state index >= 15 is 0 Å². The van der Waals surface area contributed by atoms with Crippen molar-refractivity contribution in [2.24, 2.45) is 0 Å². The molecule has 60 heavy (non-hydrogen) atoms. The van der Waals surface area contributed by atoms with E-state index in [-0.39, 0.29) is 21.2 Å². The smallest absolute Gasteiger partial charge is 0.275 e. The second-order valence-electron chi connectivity index (χ2n) is 13.1. The first-order chi connectivity index (χ1) is 27.9. The summed E-state index contributed by atoms with van der Waals surface area (Å²) in [5, 5.41) is 6.44. The Morgan fingerprint density at radius 3 is 1.75 bits per heavy atom. The van der Waals surface area contributed by atoms with Gasteiger partial charge in [-0.25, -0.2) is 14.4 Å². The van der Waals surface area contributed by atoms with Crippen LogP contribution in [0.4, 0.5) is 33.6 Å². The maximum atomic E-state index is 13.7. The predicted octanol–water partition coefficient (Wildman–Crippen LogP) is 14.4. The summed E-state index contributed by atoms with van der Waals surface area (Å²) in [5.41, 5.74) is 0.881. The third-order valence-corrected chi connectivity index (χ3v) is 13.7. The van der Waals surface area contributed by atoms with Crippen LogP contribution in [0.2, 0.25) is 10.0 Å². The van der Waals surface area contributed by atoms with Crippen molar-refractivity contribution in [3.63, 3.8) is 0 Å². The van der Waals surface area contributed by atoms with Gasteiger partial charge >= 0.3 is 96.9 Å². The number of aliphatic hydroxyl groups is 1. The van der Waals surface area contributed by atoms with Crippen LogP contribution in [0.15, 0.2) is 144 Å². The van der Waals surface area contributed by atoms with Gasteiger partial charge in [0, 0.05) is 48.2 Å². The van der Waals surface area contributed by atoms with E-state index in [1.807, 2.05) is 86.6 Å². The molecule has 2 aromatic heterocycles. The number of fused-ring (bicyclic) bond motifs is 1. The summed E-state index contributed by atoms with van der Waals surface area (Å²) >= 11 is 14.5. The van der Waals surface area contributed by atoms with Gasteiger partial charge < -0.3 is 5.11 Å². The van der Waals surface area contributed by atoms with Gasteiger partial charge in [0.25, 0.3) is 0 Å². The molecule has 0 unspecified atom stereocenters. The van der Waals surface area contributed by atoms with Crippen LogP contribution in [0.25, 0.3) is 0 Å². The first-order valence-electron chi connectivity index (χ1n) is 17.1. The zero-order valence-electron chi connectivity index (χ0n) is 31.9. The Kier molecular flexibility index (Phi) is 19.5. The number of rotatable bonds is 7. The average Bonchev–Trinajstić information content (AvgIpc) is 3.98. The number of imidazole rings is 2. The number of benzene rings is 4. The third-order valence-electron chi connectivity index (χ3n) is 7.58. The number of hydrogen-bond acceptors (Lipinski definition) is 6. The molecular weight excluding hydrogens is 1110 g/mol. The van der Waals surface area contributed by atoms with Crippen molar-refractivity contribution in [2.75, 3.05) is 6.67 Å². The van der Waals surface area contributed by atoms with Gasteiger partial charge in [-0.3, -0.25) is 9.13 Å². The van der Waals surface area contributed by atoms with E-state index in [1.165, 1.54) is 30.5 Å². The van der Waals surface area contributed by atoms with E-state index in [2.05, 4.69) is 45.2 Å². The molecule has 6 aromatic rings. The Labute approximate surface area is 384 Å². The first kappa shape index (κ1) is 51.7. The maximum absolute atomic E-state index is 13.7. The number of hydrogen-bond donors (Lipinski definition) is 2. The quantitative estimate of drug-likeness (QED) is 0.0722. The van der Waals surface area contributed by atoms with Gasteiger partial charge in [-0.05, 0) is 108 Å². The zero-order chi connectivity index (χ0) is 44.9. The largest absolute Gasteiger partial charge is 0.403 e. The predicted molar refractivity (Wildman–Crippen MR) is 241 cm³/mol. The van der Waals surface area contributed by atoms with Crippen molar-refractivity contribution < 1.29 is 41.8 Å². The molecular formula is C40H38Cl2F8I2N4O2S2. The van der Waals surface area contributed by atoms with E-state index in [1.54, 1.807) is 13.8 Å². The van der Waals surface area contributed by atoms with Crippen LogP contribution < -0.4 is 0 Å². The first-order valence-corrected chi connectivity index (χ1v) is 23.0.